The summed E-state index contributed by atoms with van der Waals surface area (Å²) in [5.74, 6) is -0.556. The van der Waals surface area contributed by atoms with Crippen molar-refractivity contribution < 1.29 is 9.18 Å². The molecule has 0 spiro atoms. The molecule has 0 aliphatic carbocycles. The molecule has 0 aromatic heterocycles. The molecule has 0 saturated carbocycles. The van der Waals surface area contributed by atoms with E-state index >= 15 is 0 Å². The first-order chi connectivity index (χ1) is 8.72. The van der Waals surface area contributed by atoms with E-state index in [0.29, 0.717) is 18.7 Å². The van der Waals surface area contributed by atoms with Crippen LogP contribution < -0.4 is 5.32 Å². The van der Waals surface area contributed by atoms with Gasteiger partial charge in [0, 0.05) is 18.7 Å². The van der Waals surface area contributed by atoms with Crippen LogP contribution >= 0.6 is 0 Å². The fourth-order valence-electron chi connectivity index (χ4n) is 1.99. The lowest BCUT2D eigenvalue weighted by molar-refractivity contribution is -0.130. The van der Waals surface area contributed by atoms with Crippen molar-refractivity contribution >= 4 is 5.91 Å². The molecule has 1 saturated heterocycles. The van der Waals surface area contributed by atoms with Gasteiger partial charge in [-0.05, 0) is 19.0 Å². The maximum absolute atomic E-state index is 13.9. The molecule has 94 valence electrons. The van der Waals surface area contributed by atoms with Crippen molar-refractivity contribution in [2.75, 3.05) is 19.6 Å². The van der Waals surface area contributed by atoms with Gasteiger partial charge < -0.3 is 10.2 Å². The minimum absolute atomic E-state index is 0.0212. The van der Waals surface area contributed by atoms with E-state index in [4.69, 9.17) is 5.26 Å². The summed E-state index contributed by atoms with van der Waals surface area (Å²) in [6.45, 7) is 1.92. The fourth-order valence-corrected chi connectivity index (χ4v) is 1.99. The molecule has 1 aromatic rings. The average Bonchev–Trinajstić information content (AvgIpc) is 2.57. The van der Waals surface area contributed by atoms with Gasteiger partial charge >= 0.3 is 0 Å². The highest BCUT2D eigenvalue weighted by molar-refractivity contribution is 5.78. The van der Waals surface area contributed by atoms with Crippen molar-refractivity contribution in [3.05, 3.63) is 35.1 Å². The first-order valence-electron chi connectivity index (χ1n) is 5.88. The van der Waals surface area contributed by atoms with Crippen LogP contribution in [0.4, 0.5) is 4.39 Å². The molecule has 0 bridgehead atoms. The van der Waals surface area contributed by atoms with Crippen LogP contribution in [-0.2, 0) is 11.3 Å². The lowest BCUT2D eigenvalue weighted by Gasteiger charge is -2.20. The van der Waals surface area contributed by atoms with Crippen LogP contribution in [0.5, 0.6) is 0 Å². The van der Waals surface area contributed by atoms with Crippen molar-refractivity contribution in [2.45, 2.75) is 13.0 Å². The van der Waals surface area contributed by atoms with Crippen LogP contribution in [-0.4, -0.2) is 30.4 Å². The Bertz CT molecular complexity index is 495. The third-order valence-electron chi connectivity index (χ3n) is 2.97. The lowest BCUT2D eigenvalue weighted by Crippen LogP contribution is -2.34. The zero-order valence-corrected chi connectivity index (χ0v) is 9.95. The third-order valence-corrected chi connectivity index (χ3v) is 2.97. The molecule has 18 heavy (non-hydrogen) atoms. The monoisotopic (exact) mass is 247 g/mol. The molecule has 1 N–H and O–H groups in total. The Hall–Kier alpha value is -1.93. The highest BCUT2D eigenvalue weighted by atomic mass is 19.1. The Labute approximate surface area is 105 Å². The van der Waals surface area contributed by atoms with Gasteiger partial charge in [-0.3, -0.25) is 4.79 Å². The van der Waals surface area contributed by atoms with Crippen LogP contribution in [0.15, 0.2) is 18.2 Å². The summed E-state index contributed by atoms with van der Waals surface area (Å²) in [4.78, 5) is 13.4. The van der Waals surface area contributed by atoms with E-state index in [1.54, 1.807) is 23.1 Å². The summed E-state index contributed by atoms with van der Waals surface area (Å²) in [6.07, 6.45) is 0.852. The van der Waals surface area contributed by atoms with Gasteiger partial charge in [-0.25, -0.2) is 4.39 Å². The molecule has 1 aliphatic rings. The van der Waals surface area contributed by atoms with Crippen molar-refractivity contribution in [1.29, 1.82) is 5.26 Å². The van der Waals surface area contributed by atoms with Crippen molar-refractivity contribution in [2.24, 2.45) is 0 Å². The van der Waals surface area contributed by atoms with Crippen LogP contribution in [0.2, 0.25) is 0 Å². The number of carbonyl (C=O) groups is 1. The van der Waals surface area contributed by atoms with E-state index in [1.807, 2.05) is 0 Å². The predicted molar refractivity (Wildman–Crippen MR) is 64.0 cm³/mol. The van der Waals surface area contributed by atoms with Gasteiger partial charge in [0.15, 0.2) is 0 Å². The van der Waals surface area contributed by atoms with Gasteiger partial charge in [0.25, 0.3) is 0 Å². The second kappa shape index (κ2) is 5.61. The van der Waals surface area contributed by atoms with Gasteiger partial charge in [-0.2, -0.15) is 5.26 Å². The van der Waals surface area contributed by atoms with Gasteiger partial charge in [0.1, 0.15) is 11.9 Å². The molecule has 2 rings (SSSR count). The van der Waals surface area contributed by atoms with E-state index in [0.717, 1.165) is 13.0 Å². The van der Waals surface area contributed by atoms with Crippen LogP contribution in [0.1, 0.15) is 17.5 Å². The highest BCUT2D eigenvalue weighted by Crippen LogP contribution is 2.15. The first-order valence-corrected chi connectivity index (χ1v) is 5.88. The molecule has 1 heterocycles. The van der Waals surface area contributed by atoms with E-state index < -0.39 is 5.82 Å². The van der Waals surface area contributed by atoms with E-state index in [-0.39, 0.29) is 18.0 Å². The molecule has 5 heteroatoms. The Morgan fingerprint density at radius 1 is 1.50 bits per heavy atom. The fraction of sp³-hybridized carbons (Fsp3) is 0.385. The molecule has 4 nitrogen and oxygen atoms in total. The van der Waals surface area contributed by atoms with Gasteiger partial charge in [-0.15, -0.1) is 0 Å². The Balaban J connectivity index is 2.18. The standard InChI is InChI=1S/C13H14FN3O/c14-13-10(7-15)3-1-4-11(13)9-17-6-2-5-16-8-12(17)18/h1,3-4,16H,2,5-6,8-9H2. The van der Waals surface area contributed by atoms with Crippen molar-refractivity contribution in [3.63, 3.8) is 0 Å². The molecule has 0 atom stereocenters. The minimum Gasteiger partial charge on any atom is -0.337 e. The quantitative estimate of drug-likeness (QED) is 0.849. The Kier molecular flexibility index (Phi) is 3.90. The number of benzene rings is 1. The number of halogens is 1. The number of hydrogen-bond donors (Lipinski definition) is 1. The Morgan fingerprint density at radius 2 is 2.33 bits per heavy atom. The number of nitrogens with zero attached hydrogens (tertiary/aromatic N) is 2. The molecular weight excluding hydrogens is 233 g/mol. The van der Waals surface area contributed by atoms with Crippen LogP contribution in [0.3, 0.4) is 0 Å². The SMILES string of the molecule is N#Cc1cccc(CN2CCCNCC2=O)c1F. The summed E-state index contributed by atoms with van der Waals surface area (Å²) in [5, 5.41) is 11.8. The lowest BCUT2D eigenvalue weighted by atomic mass is 10.1. The molecule has 1 fully saturated rings. The van der Waals surface area contributed by atoms with E-state index in [1.165, 1.54) is 6.07 Å². The summed E-state index contributed by atoms with van der Waals surface area (Å²) in [6, 6.07) is 6.49. The number of nitrogens with one attached hydrogen (secondary N) is 1. The van der Waals surface area contributed by atoms with Gasteiger partial charge in [0.2, 0.25) is 5.91 Å². The summed E-state index contributed by atoms with van der Waals surface area (Å²) < 4.78 is 13.9. The van der Waals surface area contributed by atoms with Gasteiger partial charge in [-0.1, -0.05) is 12.1 Å². The number of nitriles is 1. The Morgan fingerprint density at radius 3 is 3.11 bits per heavy atom. The second-order valence-corrected chi connectivity index (χ2v) is 4.24. The van der Waals surface area contributed by atoms with Crippen LogP contribution in [0, 0.1) is 17.1 Å². The maximum atomic E-state index is 13.9. The van der Waals surface area contributed by atoms with Crippen molar-refractivity contribution in [1.82, 2.24) is 10.2 Å². The molecule has 1 aromatic carbocycles. The molecule has 0 unspecified atom stereocenters. The zero-order chi connectivity index (χ0) is 13.0. The maximum Gasteiger partial charge on any atom is 0.236 e. The largest absolute Gasteiger partial charge is 0.337 e. The highest BCUT2D eigenvalue weighted by Gasteiger charge is 2.18. The minimum atomic E-state index is -0.523. The summed E-state index contributed by atoms with van der Waals surface area (Å²) in [5.41, 5.74) is 0.414. The molecule has 1 aliphatic heterocycles. The summed E-state index contributed by atoms with van der Waals surface area (Å²) >= 11 is 0. The molecular formula is C13H14FN3O. The van der Waals surface area contributed by atoms with E-state index in [2.05, 4.69) is 5.32 Å². The molecule has 1 amide bonds. The number of carbonyl (C=O) groups excluding carboxylic acids is 1. The average molecular weight is 247 g/mol. The third kappa shape index (κ3) is 2.66. The molecule has 0 radical (unpaired) electrons. The zero-order valence-electron chi connectivity index (χ0n) is 9.95. The second-order valence-electron chi connectivity index (χ2n) is 4.24. The summed E-state index contributed by atoms with van der Waals surface area (Å²) in [7, 11) is 0. The van der Waals surface area contributed by atoms with Crippen molar-refractivity contribution in [3.8, 4) is 6.07 Å². The normalized spacial score (nSPS) is 16.2. The topological polar surface area (TPSA) is 56.1 Å². The number of amides is 1. The van der Waals surface area contributed by atoms with E-state index in [9.17, 15) is 9.18 Å². The number of rotatable bonds is 2. The smallest absolute Gasteiger partial charge is 0.236 e. The van der Waals surface area contributed by atoms with Gasteiger partial charge in [0.05, 0.1) is 12.1 Å². The predicted octanol–water partition coefficient (Wildman–Crippen LogP) is 1.02. The van der Waals surface area contributed by atoms with Crippen LogP contribution in [0.25, 0.3) is 0 Å². The first kappa shape index (κ1) is 12.5. The number of hydrogen-bond acceptors (Lipinski definition) is 3.